The van der Waals surface area contributed by atoms with E-state index in [1.165, 1.54) is 18.2 Å². The number of carbonyl (C=O) groups excluding carboxylic acids is 1. The lowest BCUT2D eigenvalue weighted by Crippen LogP contribution is -2.38. The van der Waals surface area contributed by atoms with Gasteiger partial charge in [-0.05, 0) is 30.3 Å². The molecule has 1 amide bonds. The van der Waals surface area contributed by atoms with Crippen LogP contribution in [0, 0.1) is 0 Å². The third-order valence-electron chi connectivity index (χ3n) is 3.84. The zero-order valence-corrected chi connectivity index (χ0v) is 16.6. The van der Waals surface area contributed by atoms with Crippen molar-refractivity contribution < 1.29 is 22.7 Å². The van der Waals surface area contributed by atoms with E-state index in [2.05, 4.69) is 5.32 Å². The summed E-state index contributed by atoms with van der Waals surface area (Å²) in [5.74, 6) is 0.595. The van der Waals surface area contributed by atoms with E-state index >= 15 is 0 Å². The van der Waals surface area contributed by atoms with E-state index in [4.69, 9.17) is 32.7 Å². The molecule has 0 bridgehead atoms. The summed E-state index contributed by atoms with van der Waals surface area (Å²) in [6.07, 6.45) is 0. The summed E-state index contributed by atoms with van der Waals surface area (Å²) in [5.41, 5.74) is 0.471. The number of ether oxygens (including phenoxy) is 2. The number of likely N-dealkylation sites (N-methyl/N-ethyl adjacent to an activating group) is 1. The van der Waals surface area contributed by atoms with Gasteiger partial charge in [0.2, 0.25) is 22.7 Å². The Kier molecular flexibility index (Phi) is 5.81. The van der Waals surface area contributed by atoms with Gasteiger partial charge < -0.3 is 14.8 Å². The van der Waals surface area contributed by atoms with Crippen LogP contribution in [0.25, 0.3) is 0 Å². The zero-order valence-electron chi connectivity index (χ0n) is 14.2. The van der Waals surface area contributed by atoms with Gasteiger partial charge in [-0.25, -0.2) is 8.42 Å². The molecule has 27 heavy (non-hydrogen) atoms. The number of nitrogens with one attached hydrogen (secondary N) is 1. The van der Waals surface area contributed by atoms with Crippen LogP contribution in [0.2, 0.25) is 10.0 Å². The topological polar surface area (TPSA) is 84.9 Å². The number of sulfonamides is 1. The fourth-order valence-corrected chi connectivity index (χ4v) is 4.66. The third-order valence-corrected chi connectivity index (χ3v) is 6.48. The summed E-state index contributed by atoms with van der Waals surface area (Å²) < 4.78 is 37.2. The molecule has 0 aromatic heterocycles. The number of hydrogen-bond acceptors (Lipinski definition) is 5. The number of anilines is 1. The maximum absolute atomic E-state index is 12.8. The zero-order chi connectivity index (χ0) is 19.6. The molecule has 0 saturated heterocycles. The van der Waals surface area contributed by atoms with Gasteiger partial charge in [-0.3, -0.25) is 4.79 Å². The second-order valence-corrected chi connectivity index (χ2v) is 8.37. The fraction of sp³-hybridized carbons (Fsp3) is 0.235. The van der Waals surface area contributed by atoms with Crippen LogP contribution < -0.4 is 14.8 Å². The van der Waals surface area contributed by atoms with Gasteiger partial charge in [0.25, 0.3) is 0 Å². The molecule has 0 radical (unpaired) electrons. The van der Waals surface area contributed by atoms with Crippen molar-refractivity contribution in [1.29, 1.82) is 0 Å². The van der Waals surface area contributed by atoms with E-state index in [0.717, 1.165) is 4.31 Å². The van der Waals surface area contributed by atoms with Gasteiger partial charge in [0, 0.05) is 23.3 Å². The number of carbonyl (C=O) groups is 1. The summed E-state index contributed by atoms with van der Waals surface area (Å²) in [4.78, 5) is 12.2. The maximum atomic E-state index is 12.8. The molecule has 10 heteroatoms. The van der Waals surface area contributed by atoms with Crippen LogP contribution in [-0.4, -0.2) is 38.5 Å². The monoisotopic (exact) mass is 430 g/mol. The molecular weight excluding hydrogens is 415 g/mol. The lowest BCUT2D eigenvalue weighted by atomic mass is 10.3. The first-order valence-electron chi connectivity index (χ1n) is 7.96. The van der Waals surface area contributed by atoms with E-state index in [0.29, 0.717) is 17.2 Å². The quantitative estimate of drug-likeness (QED) is 0.758. The Morgan fingerprint density at radius 1 is 1.15 bits per heavy atom. The molecule has 0 spiro atoms. The van der Waals surface area contributed by atoms with Gasteiger partial charge in [0.05, 0.1) is 11.6 Å². The van der Waals surface area contributed by atoms with Crippen LogP contribution in [0.1, 0.15) is 6.92 Å². The fourth-order valence-electron chi connectivity index (χ4n) is 2.52. The molecule has 1 N–H and O–H groups in total. The summed E-state index contributed by atoms with van der Waals surface area (Å²) >= 11 is 11.9. The van der Waals surface area contributed by atoms with Gasteiger partial charge in [-0.2, -0.15) is 4.31 Å². The van der Waals surface area contributed by atoms with Crippen molar-refractivity contribution >= 4 is 44.8 Å². The van der Waals surface area contributed by atoms with E-state index < -0.39 is 15.9 Å². The number of fused-ring (bicyclic) bond motifs is 1. The summed E-state index contributed by atoms with van der Waals surface area (Å²) in [7, 11) is -3.99. The first-order valence-corrected chi connectivity index (χ1v) is 10.2. The molecule has 7 nitrogen and oxygen atoms in total. The molecule has 0 fully saturated rings. The molecule has 0 aliphatic carbocycles. The van der Waals surface area contributed by atoms with Crippen LogP contribution in [-0.2, 0) is 14.8 Å². The predicted octanol–water partition coefficient (Wildman–Crippen LogP) is 3.37. The summed E-state index contributed by atoms with van der Waals surface area (Å²) in [6, 6.07) is 9.07. The van der Waals surface area contributed by atoms with E-state index in [9.17, 15) is 13.2 Å². The normalized spacial score (nSPS) is 13.0. The van der Waals surface area contributed by atoms with Crippen molar-refractivity contribution in [3.63, 3.8) is 0 Å². The van der Waals surface area contributed by atoms with Crippen LogP contribution in [0.15, 0.2) is 41.3 Å². The van der Waals surface area contributed by atoms with Crippen LogP contribution in [0.4, 0.5) is 5.69 Å². The van der Waals surface area contributed by atoms with E-state index in [1.54, 1.807) is 25.1 Å². The Hall–Kier alpha value is -2.00. The van der Waals surface area contributed by atoms with Crippen molar-refractivity contribution in [3.8, 4) is 11.5 Å². The molecule has 0 unspecified atom stereocenters. The SMILES string of the molecule is CCN(CC(=O)Nc1ccc2c(c1)OCO2)S(=O)(=O)c1cc(Cl)ccc1Cl. The highest BCUT2D eigenvalue weighted by molar-refractivity contribution is 7.89. The van der Waals surface area contributed by atoms with E-state index in [-0.39, 0.29) is 34.8 Å². The minimum atomic E-state index is -3.99. The second kappa shape index (κ2) is 7.93. The van der Waals surface area contributed by atoms with Gasteiger partial charge in [-0.1, -0.05) is 30.1 Å². The Morgan fingerprint density at radius 3 is 2.63 bits per heavy atom. The first-order chi connectivity index (χ1) is 12.8. The van der Waals surface area contributed by atoms with Crippen molar-refractivity contribution in [2.24, 2.45) is 0 Å². The molecule has 0 saturated carbocycles. The maximum Gasteiger partial charge on any atom is 0.245 e. The second-order valence-electron chi connectivity index (χ2n) is 5.62. The highest BCUT2D eigenvalue weighted by Crippen LogP contribution is 2.34. The Balaban J connectivity index is 1.76. The molecule has 1 aliphatic heterocycles. The highest BCUT2D eigenvalue weighted by atomic mass is 35.5. The van der Waals surface area contributed by atoms with Crippen molar-refractivity contribution in [2.75, 3.05) is 25.2 Å². The smallest absolute Gasteiger partial charge is 0.245 e. The Labute approximate surface area is 166 Å². The number of amides is 1. The van der Waals surface area contributed by atoms with Crippen molar-refractivity contribution in [3.05, 3.63) is 46.4 Å². The molecule has 0 atom stereocenters. The molecule has 144 valence electrons. The highest BCUT2D eigenvalue weighted by Gasteiger charge is 2.28. The Morgan fingerprint density at radius 2 is 1.89 bits per heavy atom. The molecule has 2 aromatic carbocycles. The van der Waals surface area contributed by atoms with Gasteiger partial charge >= 0.3 is 0 Å². The van der Waals surface area contributed by atoms with Gasteiger partial charge in [0.1, 0.15) is 4.90 Å². The molecular formula is C17H16Cl2N2O5S. The number of rotatable bonds is 6. The third kappa shape index (κ3) is 4.30. The van der Waals surface area contributed by atoms with Crippen LogP contribution >= 0.6 is 23.2 Å². The summed E-state index contributed by atoms with van der Waals surface area (Å²) in [6.45, 7) is 1.45. The lowest BCUT2D eigenvalue weighted by molar-refractivity contribution is -0.116. The molecule has 1 heterocycles. The van der Waals surface area contributed by atoms with Gasteiger partial charge in [-0.15, -0.1) is 0 Å². The number of hydrogen-bond donors (Lipinski definition) is 1. The van der Waals surface area contributed by atoms with Crippen molar-refractivity contribution in [2.45, 2.75) is 11.8 Å². The molecule has 3 rings (SSSR count). The number of nitrogens with zero attached hydrogens (tertiary/aromatic N) is 1. The molecule has 2 aromatic rings. The number of halogens is 2. The van der Waals surface area contributed by atoms with E-state index in [1.807, 2.05) is 0 Å². The lowest BCUT2D eigenvalue weighted by Gasteiger charge is -2.21. The van der Waals surface area contributed by atoms with Crippen LogP contribution in [0.3, 0.4) is 0 Å². The minimum Gasteiger partial charge on any atom is -0.454 e. The van der Waals surface area contributed by atoms with Crippen molar-refractivity contribution in [1.82, 2.24) is 4.31 Å². The molecule has 1 aliphatic rings. The average Bonchev–Trinajstić information content (AvgIpc) is 3.09. The van der Waals surface area contributed by atoms with Gasteiger partial charge in [0.15, 0.2) is 11.5 Å². The first kappa shape index (κ1) is 19.8. The van der Waals surface area contributed by atoms with Crippen LogP contribution in [0.5, 0.6) is 11.5 Å². The number of benzene rings is 2. The average molecular weight is 431 g/mol. The summed E-state index contributed by atoms with van der Waals surface area (Å²) in [5, 5.41) is 2.92. The standard InChI is InChI=1S/C17H16Cl2N2O5S/c1-2-21(27(23,24)16-7-11(18)3-5-13(16)19)9-17(22)20-12-4-6-14-15(8-12)26-10-25-14/h3-8H,2,9-10H2,1H3,(H,20,22). The predicted molar refractivity (Wildman–Crippen MR) is 102 cm³/mol. The minimum absolute atomic E-state index is 0.0361. The Bertz CT molecular complexity index is 981. The largest absolute Gasteiger partial charge is 0.454 e.